The van der Waals surface area contributed by atoms with Gasteiger partial charge in [0.25, 0.3) is 0 Å². The molecule has 0 fully saturated rings. The summed E-state index contributed by atoms with van der Waals surface area (Å²) >= 11 is 0. The lowest BCUT2D eigenvalue weighted by atomic mass is 9.72. The van der Waals surface area contributed by atoms with Crippen LogP contribution in [0.5, 0.6) is 5.75 Å². The number of Topliss-reactive ketones (excluding diaryl/α,β-unsaturated/α-hetero) is 1. The Kier molecular flexibility index (Phi) is 6.02. The number of para-hydroxylation sites is 1. The molecule has 0 N–H and O–H groups in total. The van der Waals surface area contributed by atoms with Crippen molar-refractivity contribution in [3.63, 3.8) is 0 Å². The van der Waals surface area contributed by atoms with Crippen LogP contribution in [0.3, 0.4) is 0 Å². The van der Waals surface area contributed by atoms with Crippen LogP contribution in [0.25, 0.3) is 0 Å². The van der Waals surface area contributed by atoms with Gasteiger partial charge in [-0.25, -0.2) is 0 Å². The van der Waals surface area contributed by atoms with Gasteiger partial charge in [-0.3, -0.25) is 19.6 Å². The molecular formula is C24H24N2O4. The van der Waals surface area contributed by atoms with Gasteiger partial charge in [-0.1, -0.05) is 18.2 Å². The van der Waals surface area contributed by atoms with Crippen LogP contribution < -0.4 is 4.74 Å². The first kappa shape index (κ1) is 20.0. The topological polar surface area (TPSA) is 77.9 Å². The Morgan fingerprint density at radius 3 is 2.60 bits per heavy atom. The van der Waals surface area contributed by atoms with E-state index < -0.39 is 11.8 Å². The molecule has 1 aliphatic carbocycles. The van der Waals surface area contributed by atoms with Gasteiger partial charge >= 0.3 is 5.97 Å². The number of esters is 1. The SMILES string of the molecule is CC1=NC2=C(C(=O)CCC2)[C@@H](c2ccncc2)C1C(=O)OCCOc1ccccc1. The minimum Gasteiger partial charge on any atom is -0.490 e. The van der Waals surface area contributed by atoms with E-state index in [1.54, 1.807) is 12.4 Å². The highest BCUT2D eigenvalue weighted by molar-refractivity contribution is 6.08. The summed E-state index contributed by atoms with van der Waals surface area (Å²) in [5.74, 6) is -0.624. The summed E-state index contributed by atoms with van der Waals surface area (Å²) in [6.45, 7) is 2.22. The van der Waals surface area contributed by atoms with Gasteiger partial charge in [0, 0.05) is 41.7 Å². The number of rotatable bonds is 6. The minimum atomic E-state index is -0.634. The molecule has 1 aromatic heterocycles. The molecular weight excluding hydrogens is 380 g/mol. The second-order valence-corrected chi connectivity index (χ2v) is 7.46. The molecule has 0 radical (unpaired) electrons. The van der Waals surface area contributed by atoms with Crippen LogP contribution >= 0.6 is 0 Å². The molecule has 0 spiro atoms. The van der Waals surface area contributed by atoms with Gasteiger partial charge in [-0.15, -0.1) is 0 Å². The average molecular weight is 404 g/mol. The molecule has 0 bridgehead atoms. The fraction of sp³-hybridized carbons (Fsp3) is 0.333. The quantitative estimate of drug-likeness (QED) is 0.539. The molecule has 2 aliphatic rings. The number of benzene rings is 1. The maximum Gasteiger partial charge on any atom is 0.315 e. The molecule has 2 atom stereocenters. The van der Waals surface area contributed by atoms with Crippen LogP contribution in [0, 0.1) is 5.92 Å². The third-order valence-corrected chi connectivity index (χ3v) is 5.49. The Hall–Kier alpha value is -3.28. The van der Waals surface area contributed by atoms with E-state index in [-0.39, 0.29) is 25.0 Å². The zero-order valence-corrected chi connectivity index (χ0v) is 16.9. The van der Waals surface area contributed by atoms with Crippen LogP contribution in [0.15, 0.2) is 71.1 Å². The predicted octanol–water partition coefficient (Wildman–Crippen LogP) is 3.89. The summed E-state index contributed by atoms with van der Waals surface area (Å²) in [5, 5.41) is 0. The fourth-order valence-electron chi connectivity index (χ4n) is 4.15. The number of aliphatic imine (C=N–C) groups is 1. The maximum atomic E-state index is 13.1. The van der Waals surface area contributed by atoms with E-state index >= 15 is 0 Å². The summed E-state index contributed by atoms with van der Waals surface area (Å²) in [4.78, 5) is 34.6. The van der Waals surface area contributed by atoms with Crippen LogP contribution in [0.2, 0.25) is 0 Å². The van der Waals surface area contributed by atoms with E-state index in [1.807, 2.05) is 49.4 Å². The summed E-state index contributed by atoms with van der Waals surface area (Å²) in [6, 6.07) is 13.1. The monoisotopic (exact) mass is 404 g/mol. The van der Waals surface area contributed by atoms with E-state index in [4.69, 9.17) is 9.47 Å². The number of aromatic nitrogens is 1. The zero-order valence-electron chi connectivity index (χ0n) is 16.9. The summed E-state index contributed by atoms with van der Waals surface area (Å²) in [5.41, 5.74) is 3.02. The van der Waals surface area contributed by atoms with Gasteiger partial charge in [0.05, 0.1) is 0 Å². The fourth-order valence-corrected chi connectivity index (χ4v) is 4.15. The van der Waals surface area contributed by atoms with Crippen molar-refractivity contribution in [3.05, 3.63) is 71.7 Å². The largest absolute Gasteiger partial charge is 0.490 e. The normalized spacial score (nSPS) is 21.0. The van der Waals surface area contributed by atoms with Crippen LogP contribution in [-0.4, -0.2) is 35.7 Å². The number of carbonyl (C=O) groups excluding carboxylic acids is 2. The van der Waals surface area contributed by atoms with Gasteiger partial charge < -0.3 is 9.47 Å². The Balaban J connectivity index is 1.53. The molecule has 0 amide bonds. The Labute approximate surface area is 175 Å². The first-order chi connectivity index (χ1) is 14.6. The number of pyridine rings is 1. The molecule has 0 saturated carbocycles. The van der Waals surface area contributed by atoms with E-state index in [2.05, 4.69) is 9.98 Å². The molecule has 154 valence electrons. The Morgan fingerprint density at radius 2 is 1.83 bits per heavy atom. The molecule has 1 aliphatic heterocycles. The van der Waals surface area contributed by atoms with Gasteiger partial charge in [-0.2, -0.15) is 0 Å². The highest BCUT2D eigenvalue weighted by Crippen LogP contribution is 2.43. The van der Waals surface area contributed by atoms with Crippen LogP contribution in [0.4, 0.5) is 0 Å². The van der Waals surface area contributed by atoms with E-state index in [0.717, 1.165) is 29.9 Å². The minimum absolute atomic E-state index is 0.0690. The van der Waals surface area contributed by atoms with E-state index in [9.17, 15) is 9.59 Å². The molecule has 2 heterocycles. The third-order valence-electron chi connectivity index (χ3n) is 5.49. The van der Waals surface area contributed by atoms with Crippen molar-refractivity contribution in [2.45, 2.75) is 32.1 Å². The van der Waals surface area contributed by atoms with Gasteiger partial charge in [0.15, 0.2) is 5.78 Å². The highest BCUT2D eigenvalue weighted by atomic mass is 16.6. The molecule has 30 heavy (non-hydrogen) atoms. The number of hydrogen-bond donors (Lipinski definition) is 0. The van der Waals surface area contributed by atoms with Gasteiger partial charge in [-0.05, 0) is 49.6 Å². The van der Waals surface area contributed by atoms with E-state index in [0.29, 0.717) is 17.7 Å². The van der Waals surface area contributed by atoms with Crippen LogP contribution in [-0.2, 0) is 14.3 Å². The molecule has 2 aromatic rings. The van der Waals surface area contributed by atoms with Crippen molar-refractivity contribution in [1.29, 1.82) is 0 Å². The van der Waals surface area contributed by atoms with Crippen molar-refractivity contribution < 1.29 is 19.1 Å². The molecule has 1 aromatic carbocycles. The first-order valence-electron chi connectivity index (χ1n) is 10.2. The van der Waals surface area contributed by atoms with Crippen molar-refractivity contribution >= 4 is 17.5 Å². The zero-order chi connectivity index (χ0) is 20.9. The van der Waals surface area contributed by atoms with Gasteiger partial charge in [0.1, 0.15) is 24.9 Å². The number of hydrogen-bond acceptors (Lipinski definition) is 6. The lowest BCUT2D eigenvalue weighted by molar-refractivity contribution is -0.147. The van der Waals surface area contributed by atoms with E-state index in [1.165, 1.54) is 0 Å². The van der Waals surface area contributed by atoms with Crippen molar-refractivity contribution in [3.8, 4) is 5.75 Å². The Bertz CT molecular complexity index is 983. The summed E-state index contributed by atoms with van der Waals surface area (Å²) < 4.78 is 11.2. The second kappa shape index (κ2) is 9.03. The molecule has 6 heteroatoms. The number of nitrogens with zero attached hydrogens (tertiary/aromatic N) is 2. The number of ketones is 1. The summed E-state index contributed by atoms with van der Waals surface area (Å²) in [7, 11) is 0. The number of allylic oxidation sites excluding steroid dienone is 2. The first-order valence-corrected chi connectivity index (χ1v) is 10.2. The van der Waals surface area contributed by atoms with Crippen molar-refractivity contribution in [2.75, 3.05) is 13.2 Å². The Morgan fingerprint density at radius 1 is 1.07 bits per heavy atom. The molecule has 0 saturated heterocycles. The number of carbonyl (C=O) groups is 2. The smallest absolute Gasteiger partial charge is 0.315 e. The maximum absolute atomic E-state index is 13.1. The average Bonchev–Trinajstić information content (AvgIpc) is 2.77. The molecule has 1 unspecified atom stereocenters. The lowest BCUT2D eigenvalue weighted by Crippen LogP contribution is -2.37. The highest BCUT2D eigenvalue weighted by Gasteiger charge is 2.43. The standard InChI is InChI=1S/C24H24N2O4/c1-16-21(24(28)30-15-14-29-18-6-3-2-4-7-18)22(17-10-12-25-13-11-17)23-19(26-16)8-5-9-20(23)27/h2-4,6-7,10-13,21-22H,5,8-9,14-15H2,1H3/t21?,22-/m0/s1. The lowest BCUT2D eigenvalue weighted by Gasteiger charge is -2.34. The second-order valence-electron chi connectivity index (χ2n) is 7.46. The molecule has 4 rings (SSSR count). The van der Waals surface area contributed by atoms with Crippen molar-refractivity contribution in [1.82, 2.24) is 4.98 Å². The summed E-state index contributed by atoms with van der Waals surface area (Å²) in [6.07, 6.45) is 5.40. The third kappa shape index (κ3) is 4.17. The molecule has 6 nitrogen and oxygen atoms in total. The number of ether oxygens (including phenoxy) is 2. The van der Waals surface area contributed by atoms with Crippen LogP contribution in [0.1, 0.15) is 37.7 Å². The van der Waals surface area contributed by atoms with Gasteiger partial charge in [0.2, 0.25) is 0 Å². The predicted molar refractivity (Wildman–Crippen MR) is 112 cm³/mol. The van der Waals surface area contributed by atoms with Crippen molar-refractivity contribution in [2.24, 2.45) is 10.9 Å².